The Morgan fingerprint density at radius 2 is 1.65 bits per heavy atom. The van der Waals surface area contributed by atoms with E-state index in [1.807, 2.05) is 35.6 Å². The van der Waals surface area contributed by atoms with Crippen LogP contribution in [0.1, 0.15) is 29.8 Å². The van der Waals surface area contributed by atoms with Crippen molar-refractivity contribution in [2.45, 2.75) is 32.1 Å². The zero-order valence-electron chi connectivity index (χ0n) is 17.8. The lowest BCUT2D eigenvalue weighted by Gasteiger charge is -2.37. The Hall–Kier alpha value is -3.29. The highest BCUT2D eigenvalue weighted by molar-refractivity contribution is 5.91. The third kappa shape index (κ3) is 3.56. The van der Waals surface area contributed by atoms with Gasteiger partial charge < -0.3 is 9.80 Å². The monoisotopic (exact) mass is 420 g/mol. The van der Waals surface area contributed by atoms with Crippen molar-refractivity contribution >= 4 is 11.7 Å². The van der Waals surface area contributed by atoms with E-state index < -0.39 is 5.41 Å². The molecule has 7 nitrogen and oxygen atoms in total. The Kier molecular flexibility index (Phi) is 4.72. The van der Waals surface area contributed by atoms with Crippen molar-refractivity contribution < 1.29 is 9.18 Å². The van der Waals surface area contributed by atoms with E-state index in [4.69, 9.17) is 0 Å². The Balaban J connectivity index is 1.28. The number of piperazine rings is 1. The third-order valence-electron chi connectivity index (χ3n) is 6.31. The third-order valence-corrected chi connectivity index (χ3v) is 6.31. The number of carbonyl (C=O) groups excluding carboxylic acids is 1. The first-order valence-electron chi connectivity index (χ1n) is 10.6. The molecule has 8 heteroatoms. The molecule has 2 aliphatic rings. The van der Waals surface area contributed by atoms with Crippen molar-refractivity contribution in [3.63, 3.8) is 0 Å². The van der Waals surface area contributed by atoms with Crippen LogP contribution in [0.4, 0.5) is 10.2 Å². The summed E-state index contributed by atoms with van der Waals surface area (Å²) < 4.78 is 15.1. The van der Waals surface area contributed by atoms with Crippen molar-refractivity contribution in [1.82, 2.24) is 24.6 Å². The van der Waals surface area contributed by atoms with Crippen molar-refractivity contribution in [2.75, 3.05) is 31.1 Å². The van der Waals surface area contributed by atoms with Crippen LogP contribution in [-0.4, -0.2) is 56.7 Å². The number of amides is 1. The smallest absolute Gasteiger partial charge is 0.233 e. The van der Waals surface area contributed by atoms with Gasteiger partial charge >= 0.3 is 0 Å². The summed E-state index contributed by atoms with van der Waals surface area (Å²) in [6, 6.07) is 10.3. The first kappa shape index (κ1) is 19.7. The highest BCUT2D eigenvalue weighted by Gasteiger charge is 2.53. The van der Waals surface area contributed by atoms with E-state index >= 15 is 0 Å². The molecular formula is C23H25FN6O. The van der Waals surface area contributed by atoms with Crippen molar-refractivity contribution in [1.29, 1.82) is 0 Å². The summed E-state index contributed by atoms with van der Waals surface area (Å²) in [5, 5.41) is 4.50. The number of hydrogen-bond acceptors (Lipinski definition) is 5. The lowest BCUT2D eigenvalue weighted by molar-refractivity contribution is -0.134. The van der Waals surface area contributed by atoms with Gasteiger partial charge in [-0.05, 0) is 50.5 Å². The number of anilines is 1. The quantitative estimate of drug-likeness (QED) is 0.649. The molecule has 1 aromatic carbocycles. The van der Waals surface area contributed by atoms with E-state index in [1.54, 1.807) is 18.5 Å². The fraction of sp³-hybridized carbons (Fsp3) is 0.391. The molecular weight excluding hydrogens is 395 g/mol. The van der Waals surface area contributed by atoms with Gasteiger partial charge in [-0.15, -0.1) is 0 Å². The van der Waals surface area contributed by atoms with E-state index in [0.29, 0.717) is 26.2 Å². The second-order valence-electron chi connectivity index (χ2n) is 8.44. The second-order valence-corrected chi connectivity index (χ2v) is 8.44. The average Bonchev–Trinajstić information content (AvgIpc) is 3.52. The molecule has 2 fully saturated rings. The zero-order chi connectivity index (χ0) is 21.6. The predicted octanol–water partition coefficient (Wildman–Crippen LogP) is 2.80. The van der Waals surface area contributed by atoms with Crippen LogP contribution >= 0.6 is 0 Å². The van der Waals surface area contributed by atoms with Crippen LogP contribution in [-0.2, 0) is 10.2 Å². The van der Waals surface area contributed by atoms with Gasteiger partial charge in [-0.3, -0.25) is 4.79 Å². The number of benzene rings is 1. The summed E-state index contributed by atoms with van der Waals surface area (Å²) >= 11 is 0. The van der Waals surface area contributed by atoms with Gasteiger partial charge in [0, 0.05) is 37.9 Å². The molecule has 0 N–H and O–H groups in total. The first-order chi connectivity index (χ1) is 15.0. The van der Waals surface area contributed by atoms with Crippen LogP contribution in [0.15, 0.2) is 42.7 Å². The standard InChI is InChI=1S/C23H25FN6O/c1-16-13-17(2)30(27-16)21-14-20(25-15-26-21)28-9-11-29(12-10-28)22(31)23(7-8-23)18-3-5-19(24)6-4-18/h3-6,13-15H,7-12H2,1-2H3. The number of hydrogen-bond donors (Lipinski definition) is 0. The van der Waals surface area contributed by atoms with Crippen LogP contribution in [0.25, 0.3) is 5.82 Å². The highest BCUT2D eigenvalue weighted by atomic mass is 19.1. The fourth-order valence-corrected chi connectivity index (χ4v) is 4.45. The maximum absolute atomic E-state index is 13.3. The number of aromatic nitrogens is 4. The van der Waals surface area contributed by atoms with Crippen LogP contribution in [0.5, 0.6) is 0 Å². The maximum atomic E-state index is 13.3. The van der Waals surface area contributed by atoms with Crippen LogP contribution < -0.4 is 4.90 Å². The molecule has 1 saturated carbocycles. The highest BCUT2D eigenvalue weighted by Crippen LogP contribution is 2.49. The molecule has 1 aliphatic carbocycles. The predicted molar refractivity (Wildman–Crippen MR) is 115 cm³/mol. The van der Waals surface area contributed by atoms with Crippen LogP contribution in [0.3, 0.4) is 0 Å². The lowest BCUT2D eigenvalue weighted by atomic mass is 9.94. The van der Waals surface area contributed by atoms with E-state index in [1.165, 1.54) is 12.1 Å². The zero-order valence-corrected chi connectivity index (χ0v) is 17.8. The summed E-state index contributed by atoms with van der Waals surface area (Å²) in [7, 11) is 0. The van der Waals surface area contributed by atoms with Gasteiger partial charge in [-0.1, -0.05) is 12.1 Å². The molecule has 5 rings (SSSR count). The second kappa shape index (κ2) is 7.44. The minimum atomic E-state index is -0.465. The first-order valence-corrected chi connectivity index (χ1v) is 10.6. The largest absolute Gasteiger partial charge is 0.353 e. The summed E-state index contributed by atoms with van der Waals surface area (Å²) in [5.41, 5.74) is 2.42. The molecule has 0 bridgehead atoms. The molecule has 3 heterocycles. The summed E-state index contributed by atoms with van der Waals surface area (Å²) in [5.74, 6) is 1.46. The van der Waals surface area contributed by atoms with Crippen molar-refractivity contribution in [2.24, 2.45) is 0 Å². The minimum Gasteiger partial charge on any atom is -0.353 e. The van der Waals surface area contributed by atoms with E-state index in [9.17, 15) is 9.18 Å². The van der Waals surface area contributed by atoms with Gasteiger partial charge in [0.05, 0.1) is 11.1 Å². The van der Waals surface area contributed by atoms with Gasteiger partial charge in [-0.25, -0.2) is 19.0 Å². The number of halogens is 1. The molecule has 1 saturated heterocycles. The molecule has 160 valence electrons. The fourth-order valence-electron chi connectivity index (χ4n) is 4.45. The van der Waals surface area contributed by atoms with Gasteiger partial charge in [-0.2, -0.15) is 5.10 Å². The molecule has 1 aliphatic heterocycles. The van der Waals surface area contributed by atoms with Gasteiger partial charge in [0.2, 0.25) is 5.91 Å². The lowest BCUT2D eigenvalue weighted by Crippen LogP contribution is -2.51. The van der Waals surface area contributed by atoms with Gasteiger partial charge in [0.15, 0.2) is 5.82 Å². The SMILES string of the molecule is Cc1cc(C)n(-c2cc(N3CCN(C(=O)C4(c5ccc(F)cc5)CC4)CC3)ncn2)n1. The number of rotatable bonds is 4. The average molecular weight is 420 g/mol. The molecule has 0 atom stereocenters. The van der Waals surface area contributed by atoms with Crippen LogP contribution in [0, 0.1) is 19.7 Å². The molecule has 0 unspecified atom stereocenters. The summed E-state index contributed by atoms with van der Waals surface area (Å²) in [6.45, 7) is 6.65. The minimum absolute atomic E-state index is 0.157. The molecule has 31 heavy (non-hydrogen) atoms. The van der Waals surface area contributed by atoms with Crippen LogP contribution in [0.2, 0.25) is 0 Å². The Morgan fingerprint density at radius 3 is 2.26 bits per heavy atom. The van der Waals surface area contributed by atoms with Gasteiger partial charge in [0.25, 0.3) is 0 Å². The normalized spacial score (nSPS) is 17.6. The number of carbonyl (C=O) groups is 1. The van der Waals surface area contributed by atoms with Crippen molar-refractivity contribution in [3.8, 4) is 5.82 Å². The molecule has 1 amide bonds. The Labute approximate surface area is 180 Å². The maximum Gasteiger partial charge on any atom is 0.233 e. The Morgan fingerprint density at radius 1 is 0.968 bits per heavy atom. The molecule has 0 spiro atoms. The van der Waals surface area contributed by atoms with E-state index in [0.717, 1.165) is 41.4 Å². The molecule has 2 aromatic heterocycles. The Bertz CT molecular complexity index is 1110. The van der Waals surface area contributed by atoms with Gasteiger partial charge in [0.1, 0.15) is 18.0 Å². The van der Waals surface area contributed by atoms with E-state index in [-0.39, 0.29) is 11.7 Å². The molecule has 3 aromatic rings. The topological polar surface area (TPSA) is 67.2 Å². The van der Waals surface area contributed by atoms with E-state index in [2.05, 4.69) is 20.0 Å². The number of aryl methyl sites for hydroxylation is 2. The summed E-state index contributed by atoms with van der Waals surface area (Å²) in [4.78, 5) is 26.2. The van der Waals surface area contributed by atoms with Crippen molar-refractivity contribution in [3.05, 3.63) is 65.5 Å². The summed E-state index contributed by atoms with van der Waals surface area (Å²) in [6.07, 6.45) is 3.22. The molecule has 0 radical (unpaired) electrons. The number of nitrogens with zero attached hydrogens (tertiary/aromatic N) is 6.